The number of aromatic nitrogens is 2. The molecule has 0 aromatic carbocycles. The first-order valence-electron chi connectivity index (χ1n) is 12.5. The minimum atomic E-state index is -2.09. The van der Waals surface area contributed by atoms with Gasteiger partial charge in [0.2, 0.25) is 0 Å². The molecule has 2 aromatic rings. The zero-order valence-electron chi connectivity index (χ0n) is 24.0. The molecular weight excluding hydrogens is 488 g/mol. The van der Waals surface area contributed by atoms with E-state index in [2.05, 4.69) is 88.3 Å². The Morgan fingerprint density at radius 2 is 1.06 bits per heavy atom. The van der Waals surface area contributed by atoms with E-state index in [9.17, 15) is 9.59 Å². The molecule has 2 rings (SSSR count). The van der Waals surface area contributed by atoms with E-state index in [1.807, 2.05) is 12.1 Å². The SMILES string of the molecule is C[C@H](O[Si](C)(C)C(C)(C)C)C(=O)Nc1ccc2ccc(NC(=O)[C@H](C)O[Si](C)(C)C(C)(C)C)nc2n1. The van der Waals surface area contributed by atoms with Crippen molar-refractivity contribution in [3.05, 3.63) is 24.3 Å². The van der Waals surface area contributed by atoms with Crippen LogP contribution in [0.25, 0.3) is 11.0 Å². The maximum Gasteiger partial charge on any atom is 0.253 e. The fraction of sp³-hybridized carbons (Fsp3) is 0.615. The maximum absolute atomic E-state index is 12.8. The Morgan fingerprint density at radius 3 is 1.36 bits per heavy atom. The van der Waals surface area contributed by atoms with Gasteiger partial charge in [-0.25, -0.2) is 9.97 Å². The number of carbonyl (C=O) groups is 2. The molecule has 0 spiro atoms. The molecule has 0 bridgehead atoms. The van der Waals surface area contributed by atoms with Crippen molar-refractivity contribution >= 4 is 51.1 Å². The summed E-state index contributed by atoms with van der Waals surface area (Å²) in [7, 11) is -4.18. The van der Waals surface area contributed by atoms with Crippen molar-refractivity contribution in [3.8, 4) is 0 Å². The summed E-state index contributed by atoms with van der Waals surface area (Å²) in [5, 5.41) is 6.46. The van der Waals surface area contributed by atoms with E-state index in [4.69, 9.17) is 8.85 Å². The lowest BCUT2D eigenvalue weighted by Crippen LogP contribution is -2.46. The summed E-state index contributed by atoms with van der Waals surface area (Å²) in [4.78, 5) is 34.5. The van der Waals surface area contributed by atoms with E-state index in [1.54, 1.807) is 26.0 Å². The summed E-state index contributed by atoms with van der Waals surface area (Å²) in [6.45, 7) is 24.8. The first-order chi connectivity index (χ1) is 16.2. The fourth-order valence-electron chi connectivity index (χ4n) is 2.94. The standard InChI is InChI=1S/C26H44N4O4Si2/c1-17(33-35(9,10)25(3,4)5)23(31)29-20-15-13-19-14-16-21(28-22(19)27-20)30-24(32)18(2)34-36(11,12)26(6,7)8/h13-18H,1-12H3,(H2,27,28,29,30,31,32)/t17-,18-/m0/s1. The molecule has 0 radical (unpaired) electrons. The normalized spacial score (nSPS) is 14.9. The highest BCUT2D eigenvalue weighted by Crippen LogP contribution is 2.38. The van der Waals surface area contributed by atoms with Gasteiger partial charge < -0.3 is 19.5 Å². The average Bonchev–Trinajstić information content (AvgIpc) is 2.71. The number of amides is 2. The van der Waals surface area contributed by atoms with Crippen LogP contribution in [-0.2, 0) is 18.4 Å². The van der Waals surface area contributed by atoms with Crippen molar-refractivity contribution in [1.82, 2.24) is 9.97 Å². The average molecular weight is 533 g/mol. The summed E-state index contributed by atoms with van der Waals surface area (Å²) < 4.78 is 12.4. The van der Waals surface area contributed by atoms with Crippen LogP contribution in [0, 0.1) is 0 Å². The minimum Gasteiger partial charge on any atom is -0.405 e. The molecule has 0 unspecified atom stereocenters. The lowest BCUT2D eigenvalue weighted by Gasteiger charge is -2.38. The number of pyridine rings is 2. The molecule has 10 heteroatoms. The molecule has 0 aliphatic heterocycles. The smallest absolute Gasteiger partial charge is 0.253 e. The Kier molecular flexibility index (Phi) is 8.93. The van der Waals surface area contributed by atoms with Gasteiger partial charge in [-0.05, 0) is 74.4 Å². The molecule has 200 valence electrons. The van der Waals surface area contributed by atoms with Gasteiger partial charge in [-0.1, -0.05) is 41.5 Å². The zero-order valence-corrected chi connectivity index (χ0v) is 26.0. The number of nitrogens with one attached hydrogen (secondary N) is 2. The van der Waals surface area contributed by atoms with Crippen molar-refractivity contribution in [3.63, 3.8) is 0 Å². The lowest BCUT2D eigenvalue weighted by molar-refractivity contribution is -0.123. The van der Waals surface area contributed by atoms with Crippen molar-refractivity contribution in [1.29, 1.82) is 0 Å². The number of rotatable bonds is 8. The second kappa shape index (κ2) is 10.7. The van der Waals surface area contributed by atoms with Crippen LogP contribution in [0.5, 0.6) is 0 Å². The molecule has 2 amide bonds. The van der Waals surface area contributed by atoms with Crippen molar-refractivity contribution < 1.29 is 18.4 Å². The summed E-state index contributed by atoms with van der Waals surface area (Å²) >= 11 is 0. The van der Waals surface area contributed by atoms with Gasteiger partial charge in [0, 0.05) is 5.39 Å². The van der Waals surface area contributed by atoms with E-state index < -0.39 is 28.8 Å². The highest BCUT2D eigenvalue weighted by atomic mass is 28.4. The predicted molar refractivity (Wildman–Crippen MR) is 152 cm³/mol. The quantitative estimate of drug-likeness (QED) is 0.385. The molecule has 2 heterocycles. The van der Waals surface area contributed by atoms with E-state index in [0.29, 0.717) is 17.3 Å². The first kappa shape index (κ1) is 30.1. The van der Waals surface area contributed by atoms with Crippen LogP contribution < -0.4 is 10.6 Å². The van der Waals surface area contributed by atoms with Crippen molar-refractivity contribution in [2.45, 2.75) is 104 Å². The summed E-state index contributed by atoms with van der Waals surface area (Å²) in [5.74, 6) is 0.244. The third kappa shape index (κ3) is 7.44. The Labute approximate surface area is 218 Å². The van der Waals surface area contributed by atoms with E-state index in [-0.39, 0.29) is 21.9 Å². The number of anilines is 2. The van der Waals surface area contributed by atoms with Crippen molar-refractivity contribution in [2.75, 3.05) is 10.6 Å². The topological polar surface area (TPSA) is 102 Å². The van der Waals surface area contributed by atoms with Gasteiger partial charge in [-0.2, -0.15) is 0 Å². The number of carbonyl (C=O) groups excluding carboxylic acids is 2. The van der Waals surface area contributed by atoms with Crippen LogP contribution in [0.4, 0.5) is 11.6 Å². The highest BCUT2D eigenvalue weighted by Gasteiger charge is 2.40. The molecule has 8 nitrogen and oxygen atoms in total. The lowest BCUT2D eigenvalue weighted by atomic mass is 10.2. The third-order valence-corrected chi connectivity index (χ3v) is 16.5. The minimum absolute atomic E-state index is 0.000711. The molecule has 0 fully saturated rings. The highest BCUT2D eigenvalue weighted by molar-refractivity contribution is 6.74. The molecule has 2 N–H and O–H groups in total. The van der Waals surface area contributed by atoms with Crippen LogP contribution in [0.1, 0.15) is 55.4 Å². The molecule has 36 heavy (non-hydrogen) atoms. The second-order valence-electron chi connectivity index (χ2n) is 12.5. The van der Waals surface area contributed by atoms with Crippen LogP contribution in [0.15, 0.2) is 24.3 Å². The molecule has 0 aliphatic carbocycles. The van der Waals surface area contributed by atoms with E-state index in [1.165, 1.54) is 0 Å². The van der Waals surface area contributed by atoms with Crippen LogP contribution in [0.2, 0.25) is 36.3 Å². The van der Waals surface area contributed by atoms with Gasteiger partial charge in [-0.15, -0.1) is 0 Å². The van der Waals surface area contributed by atoms with E-state index in [0.717, 1.165) is 5.39 Å². The summed E-state index contributed by atoms with van der Waals surface area (Å²) in [5.41, 5.74) is 0.418. The third-order valence-electron chi connectivity index (χ3n) is 7.35. The summed E-state index contributed by atoms with van der Waals surface area (Å²) in [6.07, 6.45) is -1.21. The Balaban J connectivity index is 2.12. The van der Waals surface area contributed by atoms with Crippen LogP contribution in [0.3, 0.4) is 0 Å². The number of nitrogens with zero attached hydrogens (tertiary/aromatic N) is 2. The van der Waals surface area contributed by atoms with Gasteiger partial charge in [0.15, 0.2) is 22.3 Å². The molecular formula is C26H44N4O4Si2. The fourth-order valence-corrected chi connectivity index (χ4v) is 5.63. The molecule has 2 aromatic heterocycles. The van der Waals surface area contributed by atoms with Gasteiger partial charge in [0.1, 0.15) is 23.8 Å². The summed E-state index contributed by atoms with van der Waals surface area (Å²) in [6, 6.07) is 7.13. The Morgan fingerprint density at radius 1 is 0.722 bits per heavy atom. The Bertz CT molecular complexity index is 1020. The largest absolute Gasteiger partial charge is 0.405 e. The van der Waals surface area contributed by atoms with Gasteiger partial charge in [-0.3, -0.25) is 9.59 Å². The Hall–Kier alpha value is -2.15. The van der Waals surface area contributed by atoms with Gasteiger partial charge in [0.05, 0.1) is 0 Å². The number of hydrogen-bond donors (Lipinski definition) is 2. The van der Waals surface area contributed by atoms with Gasteiger partial charge >= 0.3 is 0 Å². The number of hydrogen-bond acceptors (Lipinski definition) is 6. The zero-order chi connectivity index (χ0) is 27.7. The molecule has 0 saturated heterocycles. The maximum atomic E-state index is 12.8. The first-order valence-corrected chi connectivity index (χ1v) is 18.3. The van der Waals surface area contributed by atoms with Crippen molar-refractivity contribution in [2.24, 2.45) is 0 Å². The van der Waals surface area contributed by atoms with Crippen LogP contribution in [-0.4, -0.2) is 50.6 Å². The van der Waals surface area contributed by atoms with Crippen LogP contribution >= 0.6 is 0 Å². The number of fused-ring (bicyclic) bond motifs is 1. The monoisotopic (exact) mass is 532 g/mol. The molecule has 0 saturated carbocycles. The van der Waals surface area contributed by atoms with E-state index >= 15 is 0 Å². The van der Waals surface area contributed by atoms with Gasteiger partial charge in [0.25, 0.3) is 11.8 Å². The molecule has 0 aliphatic rings. The molecule has 2 atom stereocenters. The predicted octanol–water partition coefficient (Wildman–Crippen LogP) is 6.33. The second-order valence-corrected chi connectivity index (χ2v) is 22.0.